The first kappa shape index (κ1) is 28.4. The average Bonchev–Trinajstić information content (AvgIpc) is 2.82. The van der Waals surface area contributed by atoms with E-state index in [1.807, 2.05) is 12.1 Å². The number of hydrogen-bond acceptors (Lipinski definition) is 6. The summed E-state index contributed by atoms with van der Waals surface area (Å²) in [5.74, 6) is 7.34. The van der Waals surface area contributed by atoms with E-state index in [0.29, 0.717) is 16.5 Å². The molecule has 0 atom stereocenters. The third-order valence-corrected chi connectivity index (χ3v) is 6.14. The maximum atomic E-state index is 6.32. The highest BCUT2D eigenvalue weighted by molar-refractivity contribution is 6.35. The summed E-state index contributed by atoms with van der Waals surface area (Å²) in [7, 11) is 1.65. The summed E-state index contributed by atoms with van der Waals surface area (Å²) in [6.45, 7) is 4.67. The number of unbranched alkanes of at least 4 members (excludes halogenated alkanes) is 1. The molecule has 6 nitrogen and oxygen atoms in total. The lowest BCUT2D eigenvalue weighted by atomic mass is 10.0. The lowest BCUT2D eigenvalue weighted by molar-refractivity contribution is 0.0376. The van der Waals surface area contributed by atoms with E-state index in [0.717, 1.165) is 79.0 Å². The molecule has 10 heteroatoms. The number of benzene rings is 1. The molecule has 1 aliphatic rings. The number of ether oxygens (including phenoxy) is 2. The molecular formula is C24H26Cl4N4O2. The van der Waals surface area contributed by atoms with Crippen LogP contribution in [0.25, 0.3) is 10.8 Å². The minimum absolute atomic E-state index is 0. The Labute approximate surface area is 222 Å². The van der Waals surface area contributed by atoms with E-state index in [1.54, 1.807) is 25.7 Å². The molecular weight excluding hydrogens is 518 g/mol. The van der Waals surface area contributed by atoms with Crippen LogP contribution in [0, 0.1) is 11.8 Å². The van der Waals surface area contributed by atoms with Crippen LogP contribution in [0.1, 0.15) is 29.7 Å². The highest BCUT2D eigenvalue weighted by Crippen LogP contribution is 2.31. The Morgan fingerprint density at radius 3 is 2.50 bits per heavy atom. The van der Waals surface area contributed by atoms with E-state index in [1.165, 1.54) is 0 Å². The normalized spacial score (nSPS) is 13.4. The molecule has 0 bridgehead atoms. The zero-order valence-corrected chi connectivity index (χ0v) is 21.9. The van der Waals surface area contributed by atoms with Crippen LogP contribution < -0.4 is 4.74 Å². The van der Waals surface area contributed by atoms with Crippen molar-refractivity contribution in [3.8, 4) is 17.6 Å². The largest absolute Gasteiger partial charge is 0.495 e. The third kappa shape index (κ3) is 6.85. The fourth-order valence-electron chi connectivity index (χ4n) is 3.77. The molecule has 0 radical (unpaired) electrons. The highest BCUT2D eigenvalue weighted by atomic mass is 35.5. The van der Waals surface area contributed by atoms with Gasteiger partial charge in [0, 0.05) is 49.1 Å². The van der Waals surface area contributed by atoms with Crippen LogP contribution in [-0.4, -0.2) is 60.0 Å². The Hall–Kier alpha value is -1.85. The van der Waals surface area contributed by atoms with Crippen molar-refractivity contribution in [1.29, 1.82) is 0 Å². The summed E-state index contributed by atoms with van der Waals surface area (Å²) in [6.07, 6.45) is 7.17. The first-order chi connectivity index (χ1) is 15.7. The van der Waals surface area contributed by atoms with Crippen molar-refractivity contribution in [3.63, 3.8) is 0 Å². The predicted molar refractivity (Wildman–Crippen MR) is 141 cm³/mol. The number of morpholine rings is 1. The number of halogens is 4. The summed E-state index contributed by atoms with van der Waals surface area (Å²) in [5.41, 5.74) is 2.37. The number of aromatic nitrogens is 3. The van der Waals surface area contributed by atoms with Crippen molar-refractivity contribution in [3.05, 3.63) is 57.6 Å². The van der Waals surface area contributed by atoms with Crippen molar-refractivity contribution in [2.45, 2.75) is 19.3 Å². The molecule has 182 valence electrons. The summed E-state index contributed by atoms with van der Waals surface area (Å²) in [6, 6.07) is 3.89. The molecule has 0 aliphatic carbocycles. The van der Waals surface area contributed by atoms with E-state index in [4.69, 9.17) is 32.7 Å². The number of fused-ring (bicyclic) bond motifs is 1. The number of hydrogen-bond donors (Lipinski definition) is 0. The van der Waals surface area contributed by atoms with E-state index in [2.05, 4.69) is 31.9 Å². The van der Waals surface area contributed by atoms with Crippen LogP contribution in [0.2, 0.25) is 10.0 Å². The molecule has 0 N–H and O–H groups in total. The van der Waals surface area contributed by atoms with Crippen molar-refractivity contribution in [2.75, 3.05) is 40.0 Å². The third-order valence-electron chi connectivity index (χ3n) is 5.49. The van der Waals surface area contributed by atoms with Gasteiger partial charge in [0.25, 0.3) is 0 Å². The molecule has 1 aliphatic heterocycles. The van der Waals surface area contributed by atoms with Gasteiger partial charge < -0.3 is 9.47 Å². The Morgan fingerprint density at radius 2 is 1.79 bits per heavy atom. The van der Waals surface area contributed by atoms with Gasteiger partial charge in [0.15, 0.2) is 0 Å². The zero-order valence-electron chi connectivity index (χ0n) is 18.7. The van der Waals surface area contributed by atoms with Crippen molar-refractivity contribution in [2.24, 2.45) is 0 Å². The number of nitrogens with zero attached hydrogens (tertiary/aromatic N) is 4. The van der Waals surface area contributed by atoms with Gasteiger partial charge in [-0.2, -0.15) is 10.2 Å². The molecule has 4 rings (SSSR count). The summed E-state index contributed by atoms with van der Waals surface area (Å²) < 4.78 is 11.0. The summed E-state index contributed by atoms with van der Waals surface area (Å²) in [5, 5.41) is 11.4. The molecule has 3 heterocycles. The van der Waals surface area contributed by atoms with Crippen LogP contribution in [0.4, 0.5) is 0 Å². The smallest absolute Gasteiger partial charge is 0.135 e. The van der Waals surface area contributed by atoms with Gasteiger partial charge >= 0.3 is 0 Å². The first-order valence-corrected chi connectivity index (χ1v) is 11.3. The SMILES string of the molecule is COc1ccc2c(Cc3c(Cl)cncc3Cl)nncc2c1C#CCCCN1CCOCC1.Cl.Cl. The maximum absolute atomic E-state index is 6.32. The van der Waals surface area contributed by atoms with Crippen LogP contribution in [0.5, 0.6) is 5.75 Å². The van der Waals surface area contributed by atoms with Crippen molar-refractivity contribution < 1.29 is 9.47 Å². The second kappa shape index (κ2) is 13.9. The van der Waals surface area contributed by atoms with Gasteiger partial charge in [-0.05, 0) is 30.7 Å². The van der Waals surface area contributed by atoms with Gasteiger partial charge in [0.1, 0.15) is 5.75 Å². The lowest BCUT2D eigenvalue weighted by Crippen LogP contribution is -2.36. The van der Waals surface area contributed by atoms with E-state index >= 15 is 0 Å². The predicted octanol–water partition coefficient (Wildman–Crippen LogP) is 5.24. The lowest BCUT2D eigenvalue weighted by Gasteiger charge is -2.26. The monoisotopic (exact) mass is 542 g/mol. The van der Waals surface area contributed by atoms with Crippen molar-refractivity contribution >= 4 is 58.8 Å². The minimum atomic E-state index is 0. The second-order valence-corrected chi connectivity index (χ2v) is 8.33. The summed E-state index contributed by atoms with van der Waals surface area (Å²) >= 11 is 12.6. The first-order valence-electron chi connectivity index (χ1n) is 10.6. The fraction of sp³-hybridized carbons (Fsp3) is 0.375. The van der Waals surface area contributed by atoms with Gasteiger partial charge in [-0.3, -0.25) is 9.88 Å². The van der Waals surface area contributed by atoms with E-state index < -0.39 is 0 Å². The Balaban J connectivity index is 0.00000204. The quantitative estimate of drug-likeness (QED) is 0.313. The molecule has 2 aromatic heterocycles. The zero-order chi connectivity index (χ0) is 22.3. The van der Waals surface area contributed by atoms with Gasteiger partial charge in [-0.25, -0.2) is 0 Å². The Bertz CT molecular complexity index is 1140. The molecule has 0 unspecified atom stereocenters. The van der Waals surface area contributed by atoms with Crippen molar-refractivity contribution in [1.82, 2.24) is 20.1 Å². The van der Waals surface area contributed by atoms with Gasteiger partial charge in [-0.15, -0.1) is 24.8 Å². The molecule has 0 saturated carbocycles. The molecule has 1 fully saturated rings. The molecule has 1 aromatic carbocycles. The molecule has 34 heavy (non-hydrogen) atoms. The number of methoxy groups -OCH3 is 1. The number of pyridine rings is 1. The molecule has 1 saturated heterocycles. The minimum Gasteiger partial charge on any atom is -0.495 e. The maximum Gasteiger partial charge on any atom is 0.135 e. The van der Waals surface area contributed by atoms with Gasteiger partial charge in [0.05, 0.1) is 47.8 Å². The number of rotatable bonds is 6. The van der Waals surface area contributed by atoms with E-state index in [-0.39, 0.29) is 24.8 Å². The van der Waals surface area contributed by atoms with Crippen LogP contribution >= 0.6 is 48.0 Å². The van der Waals surface area contributed by atoms with Crippen LogP contribution in [-0.2, 0) is 11.2 Å². The molecule has 0 spiro atoms. The highest BCUT2D eigenvalue weighted by Gasteiger charge is 2.15. The average molecular weight is 544 g/mol. The standard InChI is InChI=1S/C24H24Cl2N4O2.2ClH/c1-31-24-7-6-17-20(18(24)5-3-2-4-8-30-9-11-32-12-10-30)14-28-29-23(17)13-19-21(25)15-27-16-22(19)26;;/h6-7,14-16H,2,4,8-13H2,1H3;2*1H. The Morgan fingerprint density at radius 1 is 1.06 bits per heavy atom. The van der Waals surface area contributed by atoms with Crippen LogP contribution in [0.15, 0.2) is 30.7 Å². The van der Waals surface area contributed by atoms with E-state index in [9.17, 15) is 0 Å². The second-order valence-electron chi connectivity index (χ2n) is 7.51. The summed E-state index contributed by atoms with van der Waals surface area (Å²) in [4.78, 5) is 6.44. The molecule has 0 amide bonds. The fourth-order valence-corrected chi connectivity index (χ4v) is 4.26. The van der Waals surface area contributed by atoms with Gasteiger partial charge in [-0.1, -0.05) is 35.0 Å². The molecule has 3 aromatic rings. The van der Waals surface area contributed by atoms with Gasteiger partial charge in [0.2, 0.25) is 0 Å². The van der Waals surface area contributed by atoms with Crippen LogP contribution in [0.3, 0.4) is 0 Å². The Kier molecular flexibility index (Phi) is 11.6. The topological polar surface area (TPSA) is 60.4 Å².